The van der Waals surface area contributed by atoms with E-state index in [2.05, 4.69) is 41.1 Å². The van der Waals surface area contributed by atoms with Crippen molar-refractivity contribution in [2.75, 3.05) is 19.8 Å². The fourth-order valence-electron chi connectivity index (χ4n) is 2.77. The van der Waals surface area contributed by atoms with Crippen molar-refractivity contribution < 1.29 is 4.74 Å². The Labute approximate surface area is 132 Å². The maximum atomic E-state index is 5.66. The van der Waals surface area contributed by atoms with E-state index in [0.29, 0.717) is 0 Å². The van der Waals surface area contributed by atoms with E-state index < -0.39 is 0 Å². The Bertz CT molecular complexity index is 589. The molecular weight excluding hydrogens is 274 g/mol. The third kappa shape index (κ3) is 4.08. The average Bonchev–Trinajstić information content (AvgIpc) is 3.30. The van der Waals surface area contributed by atoms with Crippen molar-refractivity contribution in [3.8, 4) is 0 Å². The minimum absolute atomic E-state index is 0.831. The number of ether oxygens (including phenoxy) is 1. The summed E-state index contributed by atoms with van der Waals surface area (Å²) >= 11 is 0. The fourth-order valence-corrected chi connectivity index (χ4v) is 2.77. The molecule has 1 N–H and O–H groups in total. The molecule has 22 heavy (non-hydrogen) atoms. The van der Waals surface area contributed by atoms with Crippen molar-refractivity contribution in [2.24, 2.45) is 5.92 Å². The molecule has 0 bridgehead atoms. The second-order valence-electron chi connectivity index (χ2n) is 6.22. The molecule has 4 nitrogen and oxygen atoms in total. The lowest BCUT2D eigenvalue weighted by Gasteiger charge is -2.09. The van der Waals surface area contributed by atoms with Gasteiger partial charge in [-0.05, 0) is 50.3 Å². The first-order valence-electron chi connectivity index (χ1n) is 8.61. The van der Waals surface area contributed by atoms with Gasteiger partial charge in [0.05, 0.1) is 17.6 Å². The Morgan fingerprint density at radius 1 is 1.32 bits per heavy atom. The predicted molar refractivity (Wildman–Crippen MR) is 89.9 cm³/mol. The first-order valence-corrected chi connectivity index (χ1v) is 8.61. The van der Waals surface area contributed by atoms with Gasteiger partial charge >= 0.3 is 0 Å². The van der Waals surface area contributed by atoms with Gasteiger partial charge in [-0.15, -0.1) is 0 Å². The normalized spacial score (nSPS) is 14.8. The number of hydrogen-bond acceptors (Lipinski definition) is 3. The number of aryl methyl sites for hydroxylation is 1. The Kier molecular flexibility index (Phi) is 5.46. The average molecular weight is 301 g/mol. The summed E-state index contributed by atoms with van der Waals surface area (Å²) in [6.45, 7) is 6.89. The van der Waals surface area contributed by atoms with Crippen LogP contribution in [0.4, 0.5) is 0 Å². The standard InChI is InChI=1S/C18H27N3O/c1-2-11-21-17-7-4-3-6-16(17)20-18(21)13-19-10-5-12-22-14-15-8-9-15/h3-4,6-7,15,19H,2,5,8-14H2,1H3. The molecule has 0 saturated heterocycles. The van der Waals surface area contributed by atoms with E-state index in [1.165, 1.54) is 18.4 Å². The molecule has 1 aromatic carbocycles. The fraction of sp³-hybridized carbons (Fsp3) is 0.611. The van der Waals surface area contributed by atoms with Gasteiger partial charge in [-0.1, -0.05) is 19.1 Å². The molecule has 1 heterocycles. The summed E-state index contributed by atoms with van der Waals surface area (Å²) in [6.07, 6.45) is 4.93. The van der Waals surface area contributed by atoms with Crippen LogP contribution in [0.2, 0.25) is 0 Å². The summed E-state index contributed by atoms with van der Waals surface area (Å²) in [5.41, 5.74) is 2.34. The Morgan fingerprint density at radius 2 is 2.18 bits per heavy atom. The molecule has 1 aliphatic carbocycles. The molecule has 120 valence electrons. The van der Waals surface area contributed by atoms with Crippen LogP contribution in [0.15, 0.2) is 24.3 Å². The molecule has 0 unspecified atom stereocenters. The smallest absolute Gasteiger partial charge is 0.123 e. The van der Waals surface area contributed by atoms with Crippen LogP contribution >= 0.6 is 0 Å². The lowest BCUT2D eigenvalue weighted by molar-refractivity contribution is 0.122. The molecule has 3 rings (SSSR count). The number of hydrogen-bond donors (Lipinski definition) is 1. The molecule has 0 amide bonds. The van der Waals surface area contributed by atoms with Crippen molar-refractivity contribution in [1.82, 2.24) is 14.9 Å². The van der Waals surface area contributed by atoms with Gasteiger partial charge < -0.3 is 14.6 Å². The van der Waals surface area contributed by atoms with Gasteiger partial charge in [0.2, 0.25) is 0 Å². The summed E-state index contributed by atoms with van der Waals surface area (Å²) in [6, 6.07) is 8.40. The molecule has 0 aliphatic heterocycles. The van der Waals surface area contributed by atoms with Crippen LogP contribution in [-0.2, 0) is 17.8 Å². The maximum absolute atomic E-state index is 5.66. The molecule has 2 aromatic rings. The molecular formula is C18H27N3O. The highest BCUT2D eigenvalue weighted by Gasteiger charge is 2.20. The minimum Gasteiger partial charge on any atom is -0.381 e. The zero-order valence-electron chi connectivity index (χ0n) is 13.6. The minimum atomic E-state index is 0.831. The van der Waals surface area contributed by atoms with Crippen molar-refractivity contribution >= 4 is 11.0 Å². The van der Waals surface area contributed by atoms with E-state index in [4.69, 9.17) is 9.72 Å². The van der Waals surface area contributed by atoms with Crippen molar-refractivity contribution in [2.45, 2.75) is 45.7 Å². The van der Waals surface area contributed by atoms with Gasteiger partial charge in [-0.25, -0.2) is 4.98 Å². The Hall–Kier alpha value is -1.39. The molecule has 1 saturated carbocycles. The monoisotopic (exact) mass is 301 g/mol. The number of rotatable bonds is 10. The van der Waals surface area contributed by atoms with Gasteiger partial charge in [0, 0.05) is 19.8 Å². The first-order chi connectivity index (χ1) is 10.9. The van der Waals surface area contributed by atoms with E-state index in [0.717, 1.165) is 62.9 Å². The zero-order valence-corrected chi connectivity index (χ0v) is 13.6. The Balaban J connectivity index is 1.46. The Morgan fingerprint density at radius 3 is 3.00 bits per heavy atom. The van der Waals surface area contributed by atoms with E-state index in [-0.39, 0.29) is 0 Å². The second-order valence-corrected chi connectivity index (χ2v) is 6.22. The van der Waals surface area contributed by atoms with Crippen molar-refractivity contribution in [3.05, 3.63) is 30.1 Å². The van der Waals surface area contributed by atoms with Crippen LogP contribution in [0.3, 0.4) is 0 Å². The summed E-state index contributed by atoms with van der Waals surface area (Å²) in [4.78, 5) is 4.77. The van der Waals surface area contributed by atoms with E-state index in [1.807, 2.05) is 0 Å². The molecule has 1 fully saturated rings. The SMILES string of the molecule is CCCn1c(CNCCCOCC2CC2)nc2ccccc21. The van der Waals surface area contributed by atoms with Gasteiger partial charge in [0.1, 0.15) is 5.82 Å². The van der Waals surface area contributed by atoms with Crippen LogP contribution in [0.1, 0.15) is 38.4 Å². The van der Waals surface area contributed by atoms with E-state index in [1.54, 1.807) is 0 Å². The lowest BCUT2D eigenvalue weighted by Crippen LogP contribution is -2.19. The third-order valence-corrected chi connectivity index (χ3v) is 4.16. The van der Waals surface area contributed by atoms with E-state index in [9.17, 15) is 0 Å². The van der Waals surface area contributed by atoms with Gasteiger partial charge in [-0.2, -0.15) is 0 Å². The van der Waals surface area contributed by atoms with Gasteiger partial charge in [0.25, 0.3) is 0 Å². The number of imidazole rings is 1. The summed E-state index contributed by atoms with van der Waals surface area (Å²) in [5, 5.41) is 3.50. The molecule has 1 aliphatic rings. The molecule has 0 radical (unpaired) electrons. The summed E-state index contributed by atoms with van der Waals surface area (Å²) in [7, 11) is 0. The van der Waals surface area contributed by atoms with Crippen LogP contribution in [0.25, 0.3) is 11.0 Å². The molecule has 1 aromatic heterocycles. The number of fused-ring (bicyclic) bond motifs is 1. The first kappa shape index (κ1) is 15.5. The number of nitrogens with one attached hydrogen (secondary N) is 1. The lowest BCUT2D eigenvalue weighted by atomic mass is 10.3. The number of para-hydroxylation sites is 2. The highest BCUT2D eigenvalue weighted by Crippen LogP contribution is 2.28. The van der Waals surface area contributed by atoms with Gasteiger partial charge in [-0.3, -0.25) is 0 Å². The van der Waals surface area contributed by atoms with Gasteiger partial charge in [0.15, 0.2) is 0 Å². The molecule has 4 heteroatoms. The number of benzene rings is 1. The molecule has 0 atom stereocenters. The highest BCUT2D eigenvalue weighted by molar-refractivity contribution is 5.75. The van der Waals surface area contributed by atoms with E-state index >= 15 is 0 Å². The summed E-state index contributed by atoms with van der Waals surface area (Å²) in [5.74, 6) is 2.00. The van der Waals surface area contributed by atoms with Crippen molar-refractivity contribution in [1.29, 1.82) is 0 Å². The third-order valence-electron chi connectivity index (χ3n) is 4.16. The van der Waals surface area contributed by atoms with Crippen molar-refractivity contribution in [3.63, 3.8) is 0 Å². The largest absolute Gasteiger partial charge is 0.381 e. The van der Waals surface area contributed by atoms with Crippen LogP contribution in [0, 0.1) is 5.92 Å². The molecule has 0 spiro atoms. The second kappa shape index (κ2) is 7.75. The summed E-state index contributed by atoms with van der Waals surface area (Å²) < 4.78 is 8.00. The quantitative estimate of drug-likeness (QED) is 0.684. The number of nitrogens with zero attached hydrogens (tertiary/aromatic N) is 2. The van der Waals surface area contributed by atoms with Crippen LogP contribution in [-0.4, -0.2) is 29.3 Å². The zero-order chi connectivity index (χ0) is 15.2. The number of aromatic nitrogens is 2. The highest BCUT2D eigenvalue weighted by atomic mass is 16.5. The maximum Gasteiger partial charge on any atom is 0.123 e. The van der Waals surface area contributed by atoms with Crippen LogP contribution in [0.5, 0.6) is 0 Å². The van der Waals surface area contributed by atoms with Crippen LogP contribution < -0.4 is 5.32 Å². The predicted octanol–water partition coefficient (Wildman–Crippen LogP) is 3.35. The topological polar surface area (TPSA) is 39.1 Å².